The summed E-state index contributed by atoms with van der Waals surface area (Å²) in [7, 11) is 1.62. The van der Waals surface area contributed by atoms with E-state index in [2.05, 4.69) is 10.6 Å². The first-order valence-electron chi connectivity index (χ1n) is 5.05. The Balaban J connectivity index is 1.94. The predicted molar refractivity (Wildman–Crippen MR) is 65.9 cm³/mol. The van der Waals surface area contributed by atoms with E-state index < -0.39 is 0 Å². The molecular formula is C11H14N2O2S. The maximum atomic E-state index is 11.8. The highest BCUT2D eigenvalue weighted by Crippen LogP contribution is 2.16. The zero-order valence-electron chi connectivity index (χ0n) is 9.03. The molecule has 1 aromatic carbocycles. The summed E-state index contributed by atoms with van der Waals surface area (Å²) in [6.07, 6.45) is 0. The van der Waals surface area contributed by atoms with Crippen LogP contribution in [0.25, 0.3) is 0 Å². The number of thioether (sulfide) groups is 1. The Labute approximate surface area is 98.7 Å². The SMILES string of the molecule is COc1ccc(NC(=O)[C@@H]2CSCN2)cc1. The van der Waals surface area contributed by atoms with Crippen molar-refractivity contribution in [1.29, 1.82) is 0 Å². The number of methoxy groups -OCH3 is 1. The highest BCUT2D eigenvalue weighted by Gasteiger charge is 2.22. The Morgan fingerprint density at radius 2 is 2.25 bits per heavy atom. The second kappa shape index (κ2) is 5.23. The topological polar surface area (TPSA) is 50.4 Å². The van der Waals surface area contributed by atoms with Gasteiger partial charge in [-0.2, -0.15) is 0 Å². The van der Waals surface area contributed by atoms with Gasteiger partial charge in [0.25, 0.3) is 0 Å². The molecule has 1 aliphatic rings. The van der Waals surface area contributed by atoms with Gasteiger partial charge in [0.05, 0.1) is 13.2 Å². The molecule has 1 heterocycles. The standard InChI is InChI=1S/C11H14N2O2S/c1-15-9-4-2-8(3-5-9)13-11(14)10-6-16-7-12-10/h2-5,10,12H,6-7H2,1H3,(H,13,14)/t10-/m0/s1. The fourth-order valence-electron chi connectivity index (χ4n) is 1.47. The van der Waals surface area contributed by atoms with E-state index in [-0.39, 0.29) is 11.9 Å². The number of hydrogen-bond donors (Lipinski definition) is 2. The normalized spacial score (nSPS) is 19.4. The molecule has 16 heavy (non-hydrogen) atoms. The van der Waals surface area contributed by atoms with E-state index >= 15 is 0 Å². The molecule has 2 rings (SSSR count). The van der Waals surface area contributed by atoms with Crippen molar-refractivity contribution in [3.63, 3.8) is 0 Å². The first-order valence-corrected chi connectivity index (χ1v) is 6.21. The molecule has 4 nitrogen and oxygen atoms in total. The zero-order valence-corrected chi connectivity index (χ0v) is 9.84. The van der Waals surface area contributed by atoms with E-state index in [0.29, 0.717) is 0 Å². The number of ether oxygens (including phenoxy) is 1. The number of hydrogen-bond acceptors (Lipinski definition) is 4. The van der Waals surface area contributed by atoms with Crippen LogP contribution in [0.3, 0.4) is 0 Å². The number of amides is 1. The van der Waals surface area contributed by atoms with E-state index in [1.165, 1.54) is 0 Å². The van der Waals surface area contributed by atoms with Crippen molar-refractivity contribution in [3.05, 3.63) is 24.3 Å². The molecule has 1 fully saturated rings. The average molecular weight is 238 g/mol. The average Bonchev–Trinajstić information content (AvgIpc) is 2.83. The van der Waals surface area contributed by atoms with E-state index in [1.807, 2.05) is 24.3 Å². The zero-order chi connectivity index (χ0) is 11.4. The van der Waals surface area contributed by atoms with E-state index in [1.54, 1.807) is 18.9 Å². The fourth-order valence-corrected chi connectivity index (χ4v) is 2.41. The summed E-state index contributed by atoms with van der Waals surface area (Å²) >= 11 is 1.74. The van der Waals surface area contributed by atoms with Crippen LogP contribution in [-0.4, -0.2) is 30.7 Å². The number of nitrogens with one attached hydrogen (secondary N) is 2. The number of anilines is 1. The molecule has 1 aliphatic heterocycles. The molecule has 0 saturated carbocycles. The van der Waals surface area contributed by atoms with Crippen LogP contribution in [-0.2, 0) is 4.79 Å². The molecule has 1 saturated heterocycles. The van der Waals surface area contributed by atoms with Crippen molar-refractivity contribution >= 4 is 23.4 Å². The maximum absolute atomic E-state index is 11.8. The van der Waals surface area contributed by atoms with Crippen LogP contribution in [0.5, 0.6) is 5.75 Å². The second-order valence-electron chi connectivity index (χ2n) is 3.49. The minimum Gasteiger partial charge on any atom is -0.497 e. The van der Waals surface area contributed by atoms with Crippen LogP contribution in [0, 0.1) is 0 Å². The van der Waals surface area contributed by atoms with Crippen LogP contribution in [0.4, 0.5) is 5.69 Å². The van der Waals surface area contributed by atoms with Gasteiger partial charge in [-0.3, -0.25) is 10.1 Å². The summed E-state index contributed by atoms with van der Waals surface area (Å²) in [5, 5.41) is 5.99. The van der Waals surface area contributed by atoms with Crippen LogP contribution in [0.15, 0.2) is 24.3 Å². The van der Waals surface area contributed by atoms with Gasteiger partial charge in [0.15, 0.2) is 0 Å². The van der Waals surface area contributed by atoms with Crippen molar-refractivity contribution in [3.8, 4) is 5.75 Å². The van der Waals surface area contributed by atoms with Crippen LogP contribution in [0.2, 0.25) is 0 Å². The van der Waals surface area contributed by atoms with Gasteiger partial charge in [0.2, 0.25) is 5.91 Å². The van der Waals surface area contributed by atoms with Crippen molar-refractivity contribution in [2.24, 2.45) is 0 Å². The summed E-state index contributed by atoms with van der Waals surface area (Å²) in [6, 6.07) is 7.24. The highest BCUT2D eigenvalue weighted by atomic mass is 32.2. The smallest absolute Gasteiger partial charge is 0.242 e. The van der Waals surface area contributed by atoms with Gasteiger partial charge < -0.3 is 10.1 Å². The van der Waals surface area contributed by atoms with Gasteiger partial charge in [-0.05, 0) is 24.3 Å². The van der Waals surface area contributed by atoms with Gasteiger partial charge in [-0.25, -0.2) is 0 Å². The third-order valence-corrected chi connectivity index (χ3v) is 3.33. The fraction of sp³-hybridized carbons (Fsp3) is 0.364. The molecule has 5 heteroatoms. The Morgan fingerprint density at radius 1 is 1.50 bits per heavy atom. The quantitative estimate of drug-likeness (QED) is 0.833. The van der Waals surface area contributed by atoms with E-state index in [0.717, 1.165) is 23.1 Å². The first-order chi connectivity index (χ1) is 7.79. The molecule has 0 unspecified atom stereocenters. The van der Waals surface area contributed by atoms with Gasteiger partial charge in [0, 0.05) is 17.3 Å². The van der Waals surface area contributed by atoms with Crippen LogP contribution >= 0.6 is 11.8 Å². The molecule has 1 aromatic rings. The third kappa shape index (κ3) is 2.68. The number of rotatable bonds is 3. The van der Waals surface area contributed by atoms with Crippen molar-refractivity contribution < 1.29 is 9.53 Å². The molecule has 0 bridgehead atoms. The number of carbonyl (C=O) groups excluding carboxylic acids is 1. The van der Waals surface area contributed by atoms with Gasteiger partial charge in [0.1, 0.15) is 5.75 Å². The predicted octanol–water partition coefficient (Wildman–Crippen LogP) is 1.30. The van der Waals surface area contributed by atoms with Crippen molar-refractivity contribution in [2.45, 2.75) is 6.04 Å². The maximum Gasteiger partial charge on any atom is 0.242 e. The monoisotopic (exact) mass is 238 g/mol. The molecule has 0 aromatic heterocycles. The molecule has 2 N–H and O–H groups in total. The van der Waals surface area contributed by atoms with Gasteiger partial charge in [-0.15, -0.1) is 11.8 Å². The lowest BCUT2D eigenvalue weighted by molar-refractivity contribution is -0.117. The summed E-state index contributed by atoms with van der Waals surface area (Å²) in [5.74, 6) is 2.49. The number of carbonyl (C=O) groups is 1. The molecule has 86 valence electrons. The summed E-state index contributed by atoms with van der Waals surface area (Å²) in [5.41, 5.74) is 0.796. The van der Waals surface area contributed by atoms with E-state index in [4.69, 9.17) is 4.74 Å². The molecule has 0 radical (unpaired) electrons. The van der Waals surface area contributed by atoms with E-state index in [9.17, 15) is 4.79 Å². The van der Waals surface area contributed by atoms with Gasteiger partial charge >= 0.3 is 0 Å². The molecule has 0 aliphatic carbocycles. The molecule has 1 amide bonds. The van der Waals surface area contributed by atoms with Gasteiger partial charge in [-0.1, -0.05) is 0 Å². The molecular weight excluding hydrogens is 224 g/mol. The number of benzene rings is 1. The minimum atomic E-state index is -0.0768. The Morgan fingerprint density at radius 3 is 2.81 bits per heavy atom. The Kier molecular flexibility index (Phi) is 3.69. The van der Waals surface area contributed by atoms with Crippen LogP contribution in [0.1, 0.15) is 0 Å². The minimum absolute atomic E-state index is 0.0233. The first kappa shape index (κ1) is 11.3. The largest absolute Gasteiger partial charge is 0.497 e. The Hall–Kier alpha value is -1.20. The highest BCUT2D eigenvalue weighted by molar-refractivity contribution is 7.99. The van der Waals surface area contributed by atoms with Crippen molar-refractivity contribution in [1.82, 2.24) is 5.32 Å². The summed E-state index contributed by atoms with van der Waals surface area (Å²) < 4.78 is 5.05. The lowest BCUT2D eigenvalue weighted by Crippen LogP contribution is -2.37. The molecule has 1 atom stereocenters. The summed E-state index contributed by atoms with van der Waals surface area (Å²) in [6.45, 7) is 0. The van der Waals surface area contributed by atoms with Crippen LogP contribution < -0.4 is 15.4 Å². The lowest BCUT2D eigenvalue weighted by Gasteiger charge is -2.10. The molecule has 0 spiro atoms. The Bertz CT molecular complexity index is 361. The third-order valence-electron chi connectivity index (χ3n) is 2.39. The lowest BCUT2D eigenvalue weighted by atomic mass is 10.2. The summed E-state index contributed by atoms with van der Waals surface area (Å²) in [4.78, 5) is 11.8. The van der Waals surface area contributed by atoms with Crippen molar-refractivity contribution in [2.75, 3.05) is 24.1 Å². The second-order valence-corrected chi connectivity index (χ2v) is 4.52.